The molecule has 0 aliphatic rings. The standard InChI is InChI=1S/C19H14N2O6/c1-2-26-18(22)15(12-20)10-13-6-8-17(9-7-13)27-19(23)14-4-3-5-16(11-14)21(24)25/h3-11H,2H2,1H3/b15-10+. The number of carbonyl (C=O) groups is 2. The minimum absolute atomic E-state index is 0.0438. The Bertz CT molecular complexity index is 941. The molecule has 0 fully saturated rings. The van der Waals surface area contributed by atoms with E-state index in [0.717, 1.165) is 6.07 Å². The van der Waals surface area contributed by atoms with E-state index < -0.39 is 16.9 Å². The van der Waals surface area contributed by atoms with Gasteiger partial charge < -0.3 is 9.47 Å². The molecule has 0 spiro atoms. The highest BCUT2D eigenvalue weighted by Crippen LogP contribution is 2.18. The number of nitro benzene ring substituents is 1. The van der Waals surface area contributed by atoms with Gasteiger partial charge in [0.1, 0.15) is 17.4 Å². The lowest BCUT2D eigenvalue weighted by atomic mass is 10.1. The lowest BCUT2D eigenvalue weighted by Gasteiger charge is -2.05. The van der Waals surface area contributed by atoms with Crippen molar-refractivity contribution >= 4 is 23.7 Å². The average Bonchev–Trinajstić information content (AvgIpc) is 2.67. The summed E-state index contributed by atoms with van der Waals surface area (Å²) < 4.78 is 9.94. The number of carbonyl (C=O) groups excluding carboxylic acids is 2. The third-order valence-corrected chi connectivity index (χ3v) is 3.31. The van der Waals surface area contributed by atoms with Crippen molar-refractivity contribution in [2.45, 2.75) is 6.92 Å². The van der Waals surface area contributed by atoms with E-state index in [0.29, 0.717) is 5.56 Å². The summed E-state index contributed by atoms with van der Waals surface area (Å²) >= 11 is 0. The number of nitriles is 1. The normalized spacial score (nSPS) is 10.6. The molecule has 27 heavy (non-hydrogen) atoms. The van der Waals surface area contributed by atoms with Crippen LogP contribution in [0.2, 0.25) is 0 Å². The van der Waals surface area contributed by atoms with Crippen molar-refractivity contribution in [3.8, 4) is 11.8 Å². The molecule has 8 nitrogen and oxygen atoms in total. The highest BCUT2D eigenvalue weighted by atomic mass is 16.6. The summed E-state index contributed by atoms with van der Waals surface area (Å²) in [6.07, 6.45) is 1.35. The molecule has 0 heterocycles. The van der Waals surface area contributed by atoms with Crippen LogP contribution in [0.25, 0.3) is 6.08 Å². The smallest absolute Gasteiger partial charge is 0.348 e. The summed E-state index contributed by atoms with van der Waals surface area (Å²) in [5.41, 5.74) is 0.211. The number of nitrogens with zero attached hydrogens (tertiary/aromatic N) is 2. The molecule has 0 amide bonds. The Balaban J connectivity index is 2.12. The lowest BCUT2D eigenvalue weighted by Crippen LogP contribution is -2.08. The van der Waals surface area contributed by atoms with Gasteiger partial charge in [-0.1, -0.05) is 18.2 Å². The van der Waals surface area contributed by atoms with Gasteiger partial charge in [-0.15, -0.1) is 0 Å². The minimum Gasteiger partial charge on any atom is -0.462 e. The molecule has 0 unspecified atom stereocenters. The van der Waals surface area contributed by atoms with E-state index in [1.807, 2.05) is 0 Å². The quantitative estimate of drug-likeness (QED) is 0.192. The van der Waals surface area contributed by atoms with Gasteiger partial charge in [0.15, 0.2) is 0 Å². The van der Waals surface area contributed by atoms with Gasteiger partial charge in [0.2, 0.25) is 0 Å². The fourth-order valence-electron chi connectivity index (χ4n) is 2.06. The van der Waals surface area contributed by atoms with Gasteiger partial charge in [-0.25, -0.2) is 9.59 Å². The van der Waals surface area contributed by atoms with Crippen LogP contribution in [-0.2, 0) is 9.53 Å². The van der Waals surface area contributed by atoms with Crippen LogP contribution in [0.4, 0.5) is 5.69 Å². The Hall–Kier alpha value is -3.99. The highest BCUT2D eigenvalue weighted by molar-refractivity contribution is 5.98. The third kappa shape index (κ3) is 5.24. The maximum atomic E-state index is 12.1. The second-order valence-corrected chi connectivity index (χ2v) is 5.16. The van der Waals surface area contributed by atoms with Crippen LogP contribution < -0.4 is 4.74 Å². The van der Waals surface area contributed by atoms with Gasteiger partial charge >= 0.3 is 11.9 Å². The van der Waals surface area contributed by atoms with Crippen molar-refractivity contribution in [2.24, 2.45) is 0 Å². The number of rotatable bonds is 6. The molecule has 0 saturated heterocycles. The first-order valence-corrected chi connectivity index (χ1v) is 7.80. The predicted octanol–water partition coefficient (Wildman–Crippen LogP) is 3.28. The zero-order valence-electron chi connectivity index (χ0n) is 14.2. The van der Waals surface area contributed by atoms with Crippen LogP contribution in [0.3, 0.4) is 0 Å². The summed E-state index contributed by atoms with van der Waals surface area (Å²) in [5.74, 6) is -1.26. The monoisotopic (exact) mass is 366 g/mol. The molecule has 0 bridgehead atoms. The first-order valence-electron chi connectivity index (χ1n) is 7.80. The largest absolute Gasteiger partial charge is 0.462 e. The van der Waals surface area contributed by atoms with E-state index in [-0.39, 0.29) is 29.2 Å². The van der Waals surface area contributed by atoms with Crippen LogP contribution in [-0.4, -0.2) is 23.5 Å². The molecule has 0 aromatic heterocycles. The van der Waals surface area contributed by atoms with Crippen molar-refractivity contribution in [1.82, 2.24) is 0 Å². The molecule has 0 radical (unpaired) electrons. The van der Waals surface area contributed by atoms with Crippen LogP contribution >= 0.6 is 0 Å². The predicted molar refractivity (Wildman–Crippen MR) is 94.7 cm³/mol. The average molecular weight is 366 g/mol. The number of hydrogen-bond acceptors (Lipinski definition) is 7. The topological polar surface area (TPSA) is 120 Å². The Morgan fingerprint density at radius 3 is 2.52 bits per heavy atom. The number of ether oxygens (including phenoxy) is 2. The number of nitro groups is 1. The highest BCUT2D eigenvalue weighted by Gasteiger charge is 2.14. The van der Waals surface area contributed by atoms with E-state index in [4.69, 9.17) is 14.7 Å². The van der Waals surface area contributed by atoms with Crippen molar-refractivity contribution in [2.75, 3.05) is 6.61 Å². The molecule has 0 atom stereocenters. The molecule has 8 heteroatoms. The number of non-ortho nitro benzene ring substituents is 1. The molecular formula is C19H14N2O6. The third-order valence-electron chi connectivity index (χ3n) is 3.31. The molecular weight excluding hydrogens is 352 g/mol. The van der Waals surface area contributed by atoms with Gasteiger partial charge in [0, 0.05) is 12.1 Å². The van der Waals surface area contributed by atoms with Crippen molar-refractivity contribution in [3.63, 3.8) is 0 Å². The Kier molecular flexibility index (Phi) is 6.39. The van der Waals surface area contributed by atoms with Gasteiger partial charge in [0.05, 0.1) is 17.1 Å². The number of benzene rings is 2. The zero-order valence-corrected chi connectivity index (χ0v) is 14.2. The van der Waals surface area contributed by atoms with Gasteiger partial charge in [0.25, 0.3) is 5.69 Å². The number of esters is 2. The van der Waals surface area contributed by atoms with Crippen LogP contribution in [0.15, 0.2) is 54.1 Å². The fraction of sp³-hybridized carbons (Fsp3) is 0.105. The molecule has 2 rings (SSSR count). The molecule has 136 valence electrons. The van der Waals surface area contributed by atoms with E-state index in [1.165, 1.54) is 36.4 Å². The maximum absolute atomic E-state index is 12.1. The van der Waals surface area contributed by atoms with E-state index in [9.17, 15) is 19.7 Å². The number of hydrogen-bond donors (Lipinski definition) is 0. The fourth-order valence-corrected chi connectivity index (χ4v) is 2.06. The SMILES string of the molecule is CCOC(=O)/C(C#N)=C/c1ccc(OC(=O)c2cccc([N+](=O)[O-])c2)cc1. The van der Waals surface area contributed by atoms with Crippen molar-refractivity contribution in [3.05, 3.63) is 75.3 Å². The second-order valence-electron chi connectivity index (χ2n) is 5.16. The Morgan fingerprint density at radius 1 is 1.22 bits per heavy atom. The Labute approximate surface area is 154 Å². The molecule has 2 aromatic carbocycles. The molecule has 2 aromatic rings. The summed E-state index contributed by atoms with van der Waals surface area (Å²) in [5, 5.41) is 19.8. The first-order chi connectivity index (χ1) is 12.9. The molecule has 0 aliphatic carbocycles. The summed E-state index contributed by atoms with van der Waals surface area (Å²) in [6.45, 7) is 1.79. The maximum Gasteiger partial charge on any atom is 0.348 e. The van der Waals surface area contributed by atoms with Gasteiger partial charge in [-0.3, -0.25) is 10.1 Å². The summed E-state index contributed by atoms with van der Waals surface area (Å²) in [6, 6.07) is 13.0. The molecule has 0 N–H and O–H groups in total. The lowest BCUT2D eigenvalue weighted by molar-refractivity contribution is -0.384. The summed E-state index contributed by atoms with van der Waals surface area (Å²) in [4.78, 5) is 33.9. The second kappa shape index (κ2) is 8.92. The van der Waals surface area contributed by atoms with Crippen molar-refractivity contribution < 1.29 is 24.0 Å². The minimum atomic E-state index is -0.744. The van der Waals surface area contributed by atoms with E-state index in [2.05, 4.69) is 0 Å². The van der Waals surface area contributed by atoms with Crippen LogP contribution in [0.1, 0.15) is 22.8 Å². The van der Waals surface area contributed by atoms with Crippen LogP contribution in [0, 0.1) is 21.4 Å². The van der Waals surface area contributed by atoms with Crippen molar-refractivity contribution in [1.29, 1.82) is 5.26 Å². The zero-order chi connectivity index (χ0) is 19.8. The molecule has 0 saturated carbocycles. The summed E-state index contributed by atoms with van der Waals surface area (Å²) in [7, 11) is 0. The first kappa shape index (κ1) is 19.3. The van der Waals surface area contributed by atoms with E-state index >= 15 is 0 Å². The molecule has 0 aliphatic heterocycles. The van der Waals surface area contributed by atoms with Crippen LogP contribution in [0.5, 0.6) is 5.75 Å². The van der Waals surface area contributed by atoms with E-state index in [1.54, 1.807) is 25.1 Å². The van der Waals surface area contributed by atoms with Gasteiger partial charge in [-0.2, -0.15) is 5.26 Å². The Morgan fingerprint density at radius 2 is 1.93 bits per heavy atom. The van der Waals surface area contributed by atoms with Gasteiger partial charge in [-0.05, 0) is 36.8 Å².